The van der Waals surface area contributed by atoms with Gasteiger partial charge in [0.25, 0.3) is 0 Å². The summed E-state index contributed by atoms with van der Waals surface area (Å²) in [4.78, 5) is 20.6. The minimum atomic E-state index is -0.296. The first-order chi connectivity index (χ1) is 9.95. The molecule has 1 amide bonds. The van der Waals surface area contributed by atoms with Crippen LogP contribution in [0.2, 0.25) is 0 Å². The van der Waals surface area contributed by atoms with Crippen molar-refractivity contribution in [1.82, 2.24) is 9.88 Å². The number of rotatable bonds is 2. The molecule has 21 heavy (non-hydrogen) atoms. The smallest absolute Gasteiger partial charge is 0.411 e. The molecule has 116 valence electrons. The van der Waals surface area contributed by atoms with Crippen LogP contribution in [-0.4, -0.2) is 41.3 Å². The molecule has 5 nitrogen and oxygen atoms in total. The number of amides is 1. The van der Waals surface area contributed by atoms with Gasteiger partial charge in [0.1, 0.15) is 6.17 Å². The predicted molar refractivity (Wildman–Crippen MR) is 83.2 cm³/mol. The second-order valence-corrected chi connectivity index (χ2v) is 6.39. The number of ether oxygens (including phenoxy) is 1. The van der Waals surface area contributed by atoms with Crippen LogP contribution < -0.4 is 4.90 Å². The van der Waals surface area contributed by atoms with Crippen molar-refractivity contribution in [3.05, 3.63) is 24.5 Å². The van der Waals surface area contributed by atoms with Gasteiger partial charge in [-0.15, -0.1) is 0 Å². The van der Waals surface area contributed by atoms with Crippen molar-refractivity contribution in [2.24, 2.45) is 0 Å². The summed E-state index contributed by atoms with van der Waals surface area (Å²) in [7, 11) is 1.44. The third-order valence-electron chi connectivity index (χ3n) is 3.84. The Morgan fingerprint density at radius 2 is 2.19 bits per heavy atom. The Hall–Kier alpha value is -1.78. The number of piperidine rings is 1. The van der Waals surface area contributed by atoms with Crippen LogP contribution in [0.25, 0.3) is 0 Å². The van der Waals surface area contributed by atoms with Crippen LogP contribution in [0.5, 0.6) is 0 Å². The maximum absolute atomic E-state index is 12.3. The number of anilines is 1. The number of hydrogen-bond acceptors (Lipinski definition) is 4. The summed E-state index contributed by atoms with van der Waals surface area (Å²) in [6.45, 7) is 7.06. The van der Waals surface area contributed by atoms with Crippen LogP contribution >= 0.6 is 0 Å². The summed E-state index contributed by atoms with van der Waals surface area (Å²) >= 11 is 0. The quantitative estimate of drug-likeness (QED) is 0.839. The highest BCUT2D eigenvalue weighted by Gasteiger charge is 2.38. The lowest BCUT2D eigenvalue weighted by Crippen LogP contribution is -2.59. The maximum Gasteiger partial charge on any atom is 0.411 e. The van der Waals surface area contributed by atoms with Crippen molar-refractivity contribution in [3.8, 4) is 0 Å². The SMILES string of the molecule is COC(=O)N(C1CCCCN1c1cccnc1)C(C)(C)C. The Morgan fingerprint density at radius 3 is 2.76 bits per heavy atom. The van der Waals surface area contributed by atoms with E-state index in [9.17, 15) is 4.79 Å². The number of pyridine rings is 1. The predicted octanol–water partition coefficient (Wildman–Crippen LogP) is 3.26. The minimum Gasteiger partial charge on any atom is -0.453 e. The van der Waals surface area contributed by atoms with Crippen molar-refractivity contribution in [3.63, 3.8) is 0 Å². The van der Waals surface area contributed by atoms with Gasteiger partial charge in [-0.25, -0.2) is 4.79 Å². The standard InChI is InChI=1S/C16H25N3O2/c1-16(2,3)19(15(20)21-4)14-9-5-6-11-18(14)13-8-7-10-17-12-13/h7-8,10,12,14H,5-6,9,11H2,1-4H3. The molecule has 1 aromatic heterocycles. The second kappa shape index (κ2) is 6.33. The van der Waals surface area contributed by atoms with Crippen molar-refractivity contribution >= 4 is 11.8 Å². The first-order valence-electron chi connectivity index (χ1n) is 7.49. The maximum atomic E-state index is 12.3. The highest BCUT2D eigenvalue weighted by atomic mass is 16.5. The van der Waals surface area contributed by atoms with Gasteiger partial charge in [-0.3, -0.25) is 9.88 Å². The van der Waals surface area contributed by atoms with Gasteiger partial charge in [-0.05, 0) is 52.2 Å². The molecule has 0 spiro atoms. The average Bonchev–Trinajstić information content (AvgIpc) is 2.47. The molecule has 2 rings (SSSR count). The number of hydrogen-bond donors (Lipinski definition) is 0. The molecule has 1 atom stereocenters. The molecule has 1 aliphatic rings. The Balaban J connectivity index is 2.34. The van der Waals surface area contributed by atoms with E-state index in [0.717, 1.165) is 31.5 Å². The topological polar surface area (TPSA) is 45.7 Å². The van der Waals surface area contributed by atoms with Crippen LogP contribution in [0.4, 0.5) is 10.5 Å². The number of carbonyl (C=O) groups excluding carboxylic acids is 1. The third kappa shape index (κ3) is 3.46. The summed E-state index contributed by atoms with van der Waals surface area (Å²) in [6, 6.07) is 3.98. The molecule has 1 aromatic rings. The van der Waals surface area contributed by atoms with Gasteiger partial charge in [0.2, 0.25) is 0 Å². The number of nitrogens with zero attached hydrogens (tertiary/aromatic N) is 3. The Kier molecular flexibility index (Phi) is 4.70. The lowest BCUT2D eigenvalue weighted by atomic mass is 10.00. The van der Waals surface area contributed by atoms with Crippen LogP contribution in [0.1, 0.15) is 40.0 Å². The fraction of sp³-hybridized carbons (Fsp3) is 0.625. The van der Waals surface area contributed by atoms with E-state index in [0.29, 0.717) is 0 Å². The summed E-state index contributed by atoms with van der Waals surface area (Å²) in [6.07, 6.45) is 6.55. The van der Waals surface area contributed by atoms with Crippen molar-refractivity contribution < 1.29 is 9.53 Å². The lowest BCUT2D eigenvalue weighted by Gasteiger charge is -2.48. The van der Waals surface area contributed by atoms with Gasteiger partial charge < -0.3 is 9.64 Å². The normalized spacial score (nSPS) is 19.2. The molecule has 1 saturated heterocycles. The van der Waals surface area contributed by atoms with E-state index >= 15 is 0 Å². The van der Waals surface area contributed by atoms with E-state index in [1.165, 1.54) is 7.11 Å². The van der Waals surface area contributed by atoms with E-state index in [1.54, 1.807) is 6.20 Å². The largest absolute Gasteiger partial charge is 0.453 e. The molecular formula is C16H25N3O2. The van der Waals surface area contributed by atoms with Crippen molar-refractivity contribution in [1.29, 1.82) is 0 Å². The van der Waals surface area contributed by atoms with E-state index in [2.05, 4.69) is 9.88 Å². The summed E-state index contributed by atoms with van der Waals surface area (Å²) in [5.74, 6) is 0. The Labute approximate surface area is 126 Å². The van der Waals surface area contributed by atoms with Gasteiger partial charge in [0, 0.05) is 18.3 Å². The second-order valence-electron chi connectivity index (χ2n) is 6.39. The van der Waals surface area contributed by atoms with Crippen molar-refractivity contribution in [2.45, 2.75) is 51.7 Å². The minimum absolute atomic E-state index is 0.00963. The van der Waals surface area contributed by atoms with E-state index in [1.807, 2.05) is 44.0 Å². The zero-order chi connectivity index (χ0) is 15.5. The molecule has 1 unspecified atom stereocenters. The molecular weight excluding hydrogens is 266 g/mol. The fourth-order valence-electron chi connectivity index (χ4n) is 2.95. The molecule has 0 bridgehead atoms. The molecule has 0 N–H and O–H groups in total. The molecule has 1 fully saturated rings. The Morgan fingerprint density at radius 1 is 1.43 bits per heavy atom. The van der Waals surface area contributed by atoms with Crippen LogP contribution in [0.3, 0.4) is 0 Å². The monoisotopic (exact) mass is 291 g/mol. The molecule has 0 aromatic carbocycles. The van der Waals surface area contributed by atoms with E-state index in [-0.39, 0.29) is 17.8 Å². The number of methoxy groups -OCH3 is 1. The van der Waals surface area contributed by atoms with Gasteiger partial charge in [0.05, 0.1) is 19.0 Å². The third-order valence-corrected chi connectivity index (χ3v) is 3.84. The van der Waals surface area contributed by atoms with E-state index in [4.69, 9.17) is 4.74 Å². The van der Waals surface area contributed by atoms with Crippen LogP contribution in [0, 0.1) is 0 Å². The molecule has 0 aliphatic carbocycles. The molecule has 2 heterocycles. The van der Waals surface area contributed by atoms with Crippen molar-refractivity contribution in [2.75, 3.05) is 18.6 Å². The molecule has 5 heteroatoms. The fourth-order valence-corrected chi connectivity index (χ4v) is 2.95. The molecule has 1 aliphatic heterocycles. The average molecular weight is 291 g/mol. The van der Waals surface area contributed by atoms with Crippen LogP contribution in [0.15, 0.2) is 24.5 Å². The summed E-state index contributed by atoms with van der Waals surface area (Å²) in [5.41, 5.74) is 0.760. The summed E-state index contributed by atoms with van der Waals surface area (Å²) in [5, 5.41) is 0. The molecule has 0 saturated carbocycles. The molecule has 0 radical (unpaired) electrons. The van der Waals surface area contributed by atoms with Gasteiger partial charge in [-0.2, -0.15) is 0 Å². The first kappa shape index (κ1) is 15.6. The Bertz CT molecular complexity index is 470. The first-order valence-corrected chi connectivity index (χ1v) is 7.49. The number of aromatic nitrogens is 1. The van der Waals surface area contributed by atoms with Gasteiger partial charge in [-0.1, -0.05) is 0 Å². The zero-order valence-corrected chi connectivity index (χ0v) is 13.4. The zero-order valence-electron chi connectivity index (χ0n) is 13.4. The summed E-state index contributed by atoms with van der Waals surface area (Å²) < 4.78 is 5.02. The highest BCUT2D eigenvalue weighted by Crippen LogP contribution is 2.30. The van der Waals surface area contributed by atoms with Crippen LogP contribution in [-0.2, 0) is 4.74 Å². The highest BCUT2D eigenvalue weighted by molar-refractivity contribution is 5.69. The lowest BCUT2D eigenvalue weighted by molar-refractivity contribution is 0.0480. The van der Waals surface area contributed by atoms with Gasteiger partial charge in [0.15, 0.2) is 0 Å². The number of carbonyl (C=O) groups is 1. The van der Waals surface area contributed by atoms with E-state index < -0.39 is 0 Å². The van der Waals surface area contributed by atoms with Gasteiger partial charge >= 0.3 is 6.09 Å².